The van der Waals surface area contributed by atoms with Crippen LogP contribution in [0, 0.1) is 0 Å². The first kappa shape index (κ1) is 20.7. The second kappa shape index (κ2) is 8.50. The first-order chi connectivity index (χ1) is 16.7. The van der Waals surface area contributed by atoms with Gasteiger partial charge in [-0.15, -0.1) is 11.3 Å². The Morgan fingerprint density at radius 1 is 1.06 bits per heavy atom. The van der Waals surface area contributed by atoms with Crippen molar-refractivity contribution in [1.29, 1.82) is 0 Å². The summed E-state index contributed by atoms with van der Waals surface area (Å²) >= 11 is 1.80. The maximum Gasteiger partial charge on any atom is 0.128 e. The molecule has 0 saturated carbocycles. The third-order valence-corrected chi connectivity index (χ3v) is 7.38. The van der Waals surface area contributed by atoms with Crippen molar-refractivity contribution in [3.63, 3.8) is 0 Å². The molecule has 0 fully saturated rings. The molecule has 7 heteroatoms. The minimum absolute atomic E-state index is 0.847. The molecule has 4 N–H and O–H groups in total. The first-order valence-electron chi connectivity index (χ1n) is 11.6. The number of H-pyrrole nitrogens is 2. The number of aliphatic imine (C=N–C) groups is 2. The number of aromatic nitrogens is 2. The van der Waals surface area contributed by atoms with E-state index in [9.17, 15) is 0 Å². The van der Waals surface area contributed by atoms with Crippen LogP contribution in [0.15, 0.2) is 70.8 Å². The fourth-order valence-corrected chi connectivity index (χ4v) is 5.59. The molecule has 0 aliphatic carbocycles. The van der Waals surface area contributed by atoms with Crippen LogP contribution in [0.5, 0.6) is 0 Å². The van der Waals surface area contributed by atoms with Crippen molar-refractivity contribution < 1.29 is 0 Å². The molecular formula is C27H26N6S. The highest BCUT2D eigenvalue weighted by Crippen LogP contribution is 2.38. The zero-order chi connectivity index (χ0) is 23.1. The van der Waals surface area contributed by atoms with Gasteiger partial charge < -0.3 is 20.6 Å². The molecule has 0 radical (unpaired) electrons. The Morgan fingerprint density at radius 2 is 1.97 bits per heavy atom. The van der Waals surface area contributed by atoms with E-state index >= 15 is 0 Å². The maximum absolute atomic E-state index is 4.54. The van der Waals surface area contributed by atoms with Crippen molar-refractivity contribution >= 4 is 44.8 Å². The van der Waals surface area contributed by atoms with Gasteiger partial charge in [-0.25, -0.2) is 0 Å². The number of thiophene rings is 1. The second-order valence-electron chi connectivity index (χ2n) is 8.37. The fourth-order valence-electron chi connectivity index (χ4n) is 4.58. The highest BCUT2D eigenvalue weighted by atomic mass is 32.1. The molecule has 1 aliphatic rings. The summed E-state index contributed by atoms with van der Waals surface area (Å²) in [7, 11) is 1.82. The van der Waals surface area contributed by atoms with Gasteiger partial charge in [0.15, 0.2) is 0 Å². The topological polar surface area (TPSA) is 80.4 Å². The summed E-state index contributed by atoms with van der Waals surface area (Å²) in [5.41, 5.74) is 6.83. The third-order valence-electron chi connectivity index (χ3n) is 6.23. The molecule has 0 unspecified atom stereocenters. The van der Waals surface area contributed by atoms with Gasteiger partial charge in [0.2, 0.25) is 0 Å². The molecule has 0 bridgehead atoms. The highest BCUT2D eigenvalue weighted by Gasteiger charge is 2.14. The standard InChI is InChI=1S/C27H26N6S/c1-3-29-26(28-2)17-6-7-19-20(15-32-22(19)14-17)24-8-9-25(34-24)23-12-16-4-5-18(13-21(16)33-23)27-30-10-11-31-27/h4-9,12-15,32-33H,3,10-11H2,1-2H3,(H,28,29)(H,30,31). The van der Waals surface area contributed by atoms with E-state index in [1.54, 1.807) is 11.3 Å². The molecule has 170 valence electrons. The Hall–Kier alpha value is -3.84. The number of hydrogen-bond acceptors (Lipinski definition) is 4. The summed E-state index contributed by atoms with van der Waals surface area (Å²) in [6, 6.07) is 19.6. The molecule has 4 heterocycles. The smallest absolute Gasteiger partial charge is 0.128 e. The van der Waals surface area contributed by atoms with Crippen LogP contribution in [0.3, 0.4) is 0 Å². The van der Waals surface area contributed by atoms with E-state index in [-0.39, 0.29) is 0 Å². The number of benzene rings is 2. The van der Waals surface area contributed by atoms with Gasteiger partial charge in [-0.2, -0.15) is 0 Å². The average Bonchev–Trinajstić information content (AvgIpc) is 3.66. The number of fused-ring (bicyclic) bond motifs is 2. The summed E-state index contributed by atoms with van der Waals surface area (Å²) < 4.78 is 0. The van der Waals surface area contributed by atoms with Crippen molar-refractivity contribution in [2.24, 2.45) is 9.98 Å². The van der Waals surface area contributed by atoms with Crippen LogP contribution in [0.2, 0.25) is 0 Å². The van der Waals surface area contributed by atoms with Crippen LogP contribution >= 0.6 is 11.3 Å². The molecule has 6 nitrogen and oxygen atoms in total. The lowest BCUT2D eigenvalue weighted by Crippen LogP contribution is -2.23. The van der Waals surface area contributed by atoms with Crippen molar-refractivity contribution in [3.05, 3.63) is 71.9 Å². The number of nitrogens with one attached hydrogen (secondary N) is 4. The van der Waals surface area contributed by atoms with Gasteiger partial charge >= 0.3 is 0 Å². The van der Waals surface area contributed by atoms with Crippen LogP contribution in [0.4, 0.5) is 0 Å². The maximum atomic E-state index is 4.54. The van der Waals surface area contributed by atoms with Crippen molar-refractivity contribution in [3.8, 4) is 21.0 Å². The van der Waals surface area contributed by atoms with Crippen LogP contribution in [-0.2, 0) is 0 Å². The van der Waals surface area contributed by atoms with Gasteiger partial charge in [-0.3, -0.25) is 9.98 Å². The molecular weight excluding hydrogens is 440 g/mol. The summed E-state index contributed by atoms with van der Waals surface area (Å²) in [5, 5.41) is 9.11. The minimum Gasteiger partial charge on any atom is -0.370 e. The molecule has 0 spiro atoms. The van der Waals surface area contributed by atoms with E-state index in [0.29, 0.717) is 0 Å². The number of hydrogen-bond donors (Lipinski definition) is 4. The van der Waals surface area contributed by atoms with Crippen LogP contribution < -0.4 is 10.6 Å². The Balaban J connectivity index is 1.32. The van der Waals surface area contributed by atoms with Crippen LogP contribution in [-0.4, -0.2) is 48.3 Å². The highest BCUT2D eigenvalue weighted by molar-refractivity contribution is 7.18. The number of aromatic amines is 2. The van der Waals surface area contributed by atoms with E-state index in [4.69, 9.17) is 0 Å². The molecule has 1 aliphatic heterocycles. The lowest BCUT2D eigenvalue weighted by Gasteiger charge is -2.07. The Bertz CT molecular complexity index is 1560. The van der Waals surface area contributed by atoms with Crippen molar-refractivity contribution in [2.45, 2.75) is 6.92 Å². The second-order valence-corrected chi connectivity index (χ2v) is 9.46. The lowest BCUT2D eigenvalue weighted by atomic mass is 10.1. The summed E-state index contributed by atoms with van der Waals surface area (Å²) in [4.78, 5) is 18.5. The van der Waals surface area contributed by atoms with Crippen molar-refractivity contribution in [2.75, 3.05) is 26.7 Å². The predicted molar refractivity (Wildman–Crippen MR) is 144 cm³/mol. The predicted octanol–water partition coefficient (Wildman–Crippen LogP) is 5.38. The quantitative estimate of drug-likeness (QED) is 0.207. The van der Waals surface area contributed by atoms with Gasteiger partial charge in [-0.1, -0.05) is 24.3 Å². The molecule has 0 amide bonds. The zero-order valence-electron chi connectivity index (χ0n) is 19.2. The molecule has 0 atom stereocenters. The average molecular weight is 467 g/mol. The van der Waals surface area contributed by atoms with Gasteiger partial charge in [-0.05, 0) is 37.3 Å². The number of nitrogens with zero attached hydrogens (tertiary/aromatic N) is 2. The number of amidine groups is 2. The summed E-state index contributed by atoms with van der Waals surface area (Å²) in [5.74, 6) is 1.90. The Labute approximate surface area is 201 Å². The number of rotatable bonds is 5. The monoisotopic (exact) mass is 466 g/mol. The molecule has 0 saturated heterocycles. The largest absolute Gasteiger partial charge is 0.370 e. The molecule has 34 heavy (non-hydrogen) atoms. The fraction of sp³-hybridized carbons (Fsp3) is 0.185. The Kier molecular flexibility index (Phi) is 5.19. The normalized spacial score (nSPS) is 14.1. The zero-order valence-corrected chi connectivity index (χ0v) is 20.0. The van der Waals surface area contributed by atoms with Crippen LogP contribution in [0.25, 0.3) is 42.8 Å². The van der Waals surface area contributed by atoms with E-state index in [1.165, 1.54) is 26.1 Å². The van der Waals surface area contributed by atoms with E-state index in [2.05, 4.69) is 98.3 Å². The lowest BCUT2D eigenvalue weighted by molar-refractivity contribution is 0.960. The Morgan fingerprint density at radius 3 is 2.79 bits per heavy atom. The van der Waals surface area contributed by atoms with Gasteiger partial charge in [0.25, 0.3) is 0 Å². The van der Waals surface area contributed by atoms with E-state index in [0.717, 1.165) is 59.2 Å². The summed E-state index contributed by atoms with van der Waals surface area (Å²) in [6.07, 6.45) is 2.10. The molecule has 6 rings (SSSR count). The van der Waals surface area contributed by atoms with Crippen LogP contribution in [0.1, 0.15) is 18.1 Å². The third kappa shape index (κ3) is 3.58. The van der Waals surface area contributed by atoms with Gasteiger partial charge in [0, 0.05) is 69.7 Å². The molecule has 2 aromatic carbocycles. The first-order valence-corrected chi connectivity index (χ1v) is 12.4. The van der Waals surface area contributed by atoms with E-state index < -0.39 is 0 Å². The molecule has 5 aromatic rings. The summed E-state index contributed by atoms with van der Waals surface area (Å²) in [6.45, 7) is 4.69. The molecule has 3 aromatic heterocycles. The minimum atomic E-state index is 0.847. The van der Waals surface area contributed by atoms with Gasteiger partial charge in [0.1, 0.15) is 11.7 Å². The van der Waals surface area contributed by atoms with Crippen molar-refractivity contribution in [1.82, 2.24) is 20.6 Å². The van der Waals surface area contributed by atoms with Gasteiger partial charge in [0.05, 0.1) is 17.1 Å². The van der Waals surface area contributed by atoms with E-state index in [1.807, 2.05) is 7.05 Å². The SMILES string of the molecule is CCNC(=NC)c1ccc2c(-c3ccc(-c4cc5ccc(C6=NCCN6)cc5[nH]4)s3)c[nH]c2c1.